The third-order valence-electron chi connectivity index (χ3n) is 3.90. The Bertz CT molecular complexity index is 366. The molecule has 0 amide bonds. The maximum absolute atomic E-state index is 4.78. The van der Waals surface area contributed by atoms with E-state index in [0.29, 0.717) is 12.1 Å². The Hall–Kier alpha value is -0.870. The number of likely N-dealkylation sites (N-methyl/N-ethyl adjacent to an activating group) is 2. The van der Waals surface area contributed by atoms with Gasteiger partial charge in [-0.15, -0.1) is 0 Å². The molecule has 108 valence electrons. The number of aromatic nitrogens is 2. The Morgan fingerprint density at radius 1 is 1.42 bits per heavy atom. The van der Waals surface area contributed by atoms with Crippen LogP contribution in [-0.4, -0.2) is 47.9 Å². The van der Waals surface area contributed by atoms with Gasteiger partial charge in [-0.25, -0.2) is 0 Å². The highest BCUT2D eigenvalue weighted by Gasteiger charge is 2.18. The van der Waals surface area contributed by atoms with Crippen molar-refractivity contribution in [1.29, 1.82) is 0 Å². The van der Waals surface area contributed by atoms with Gasteiger partial charge in [-0.1, -0.05) is 19.8 Å². The molecule has 0 aliphatic heterocycles. The van der Waals surface area contributed by atoms with Gasteiger partial charge in [0.05, 0.1) is 11.7 Å². The first-order chi connectivity index (χ1) is 9.19. The summed E-state index contributed by atoms with van der Waals surface area (Å²) < 4.78 is 2.20. The van der Waals surface area contributed by atoms with Gasteiger partial charge in [-0.05, 0) is 39.5 Å². The molecule has 1 aliphatic rings. The highest BCUT2D eigenvalue weighted by atomic mass is 15.3. The second-order valence-electron chi connectivity index (χ2n) is 5.95. The summed E-state index contributed by atoms with van der Waals surface area (Å²) in [6, 6.07) is 3.34. The minimum Gasteiger partial charge on any atom is -0.313 e. The Kier molecular flexibility index (Phi) is 5.40. The summed E-state index contributed by atoms with van der Waals surface area (Å²) in [4.78, 5) is 2.24. The zero-order valence-corrected chi connectivity index (χ0v) is 12.6. The lowest BCUT2D eigenvalue weighted by Gasteiger charge is -2.21. The lowest BCUT2D eigenvalue weighted by atomic mass is 10.1. The molecule has 0 aromatic carbocycles. The van der Waals surface area contributed by atoms with Crippen LogP contribution in [0.15, 0.2) is 12.3 Å². The van der Waals surface area contributed by atoms with Crippen molar-refractivity contribution in [2.45, 2.75) is 51.1 Å². The monoisotopic (exact) mass is 264 g/mol. The standard InChI is InChI=1S/C15H28N4/c1-4-16-14(12-18(2)3)11-13-9-10-19(17-13)15-7-5-6-8-15/h9-10,14-16H,4-8,11-12H2,1-3H3. The molecule has 1 saturated carbocycles. The van der Waals surface area contributed by atoms with Crippen molar-refractivity contribution in [3.05, 3.63) is 18.0 Å². The minimum atomic E-state index is 0.493. The van der Waals surface area contributed by atoms with Gasteiger partial charge in [0.25, 0.3) is 0 Å². The van der Waals surface area contributed by atoms with Crippen LogP contribution in [0.2, 0.25) is 0 Å². The quantitative estimate of drug-likeness (QED) is 0.818. The van der Waals surface area contributed by atoms with E-state index in [-0.39, 0.29) is 0 Å². The molecule has 1 atom stereocenters. The van der Waals surface area contributed by atoms with Crippen LogP contribution < -0.4 is 5.32 Å². The summed E-state index contributed by atoms with van der Waals surface area (Å²) >= 11 is 0. The average Bonchev–Trinajstić information content (AvgIpc) is 2.97. The van der Waals surface area contributed by atoms with Crippen LogP contribution in [0, 0.1) is 0 Å². The Morgan fingerprint density at radius 2 is 2.16 bits per heavy atom. The van der Waals surface area contributed by atoms with E-state index in [0.717, 1.165) is 19.5 Å². The fourth-order valence-electron chi connectivity index (χ4n) is 3.04. The van der Waals surface area contributed by atoms with E-state index in [1.807, 2.05) is 0 Å². The first-order valence-corrected chi connectivity index (χ1v) is 7.61. The fourth-order valence-corrected chi connectivity index (χ4v) is 3.04. The highest BCUT2D eigenvalue weighted by Crippen LogP contribution is 2.28. The molecule has 0 saturated heterocycles. The summed E-state index contributed by atoms with van der Waals surface area (Å²) in [6.07, 6.45) is 8.52. The predicted molar refractivity (Wildman–Crippen MR) is 79.5 cm³/mol. The fraction of sp³-hybridized carbons (Fsp3) is 0.800. The minimum absolute atomic E-state index is 0.493. The molecule has 1 heterocycles. The molecule has 1 aliphatic carbocycles. The van der Waals surface area contributed by atoms with Gasteiger partial charge in [-0.2, -0.15) is 5.10 Å². The second-order valence-corrected chi connectivity index (χ2v) is 5.95. The topological polar surface area (TPSA) is 33.1 Å². The predicted octanol–water partition coefficient (Wildman–Crippen LogP) is 2.08. The first-order valence-electron chi connectivity index (χ1n) is 7.61. The molecule has 4 nitrogen and oxygen atoms in total. The molecule has 1 aromatic heterocycles. The van der Waals surface area contributed by atoms with Crippen molar-refractivity contribution in [2.24, 2.45) is 0 Å². The molecular formula is C15H28N4. The third-order valence-corrected chi connectivity index (χ3v) is 3.90. The van der Waals surface area contributed by atoms with Crippen LogP contribution in [0.25, 0.3) is 0 Å². The second kappa shape index (κ2) is 7.06. The number of hydrogen-bond acceptors (Lipinski definition) is 3. The largest absolute Gasteiger partial charge is 0.313 e. The molecule has 1 unspecified atom stereocenters. The van der Waals surface area contributed by atoms with Crippen LogP contribution >= 0.6 is 0 Å². The summed E-state index contributed by atoms with van der Waals surface area (Å²) in [6.45, 7) is 4.24. The SMILES string of the molecule is CCNC(Cc1ccn(C2CCCC2)n1)CN(C)C. The summed E-state index contributed by atoms with van der Waals surface area (Å²) in [5.41, 5.74) is 1.22. The Labute approximate surface area is 117 Å². The Balaban J connectivity index is 1.92. The van der Waals surface area contributed by atoms with E-state index in [9.17, 15) is 0 Å². The molecule has 1 N–H and O–H groups in total. The normalized spacial score (nSPS) is 18.3. The van der Waals surface area contributed by atoms with Gasteiger partial charge in [0.15, 0.2) is 0 Å². The smallest absolute Gasteiger partial charge is 0.0640 e. The van der Waals surface area contributed by atoms with Gasteiger partial charge in [0, 0.05) is 25.2 Å². The zero-order valence-electron chi connectivity index (χ0n) is 12.6. The molecule has 0 spiro atoms. The van der Waals surface area contributed by atoms with Gasteiger partial charge in [0.2, 0.25) is 0 Å². The third kappa shape index (κ3) is 4.32. The van der Waals surface area contributed by atoms with Crippen molar-refractivity contribution >= 4 is 0 Å². The van der Waals surface area contributed by atoms with Gasteiger partial charge in [0.1, 0.15) is 0 Å². The first kappa shape index (κ1) is 14.5. The van der Waals surface area contributed by atoms with Crippen LogP contribution in [0.3, 0.4) is 0 Å². The van der Waals surface area contributed by atoms with E-state index in [1.165, 1.54) is 31.4 Å². The van der Waals surface area contributed by atoms with Crippen molar-refractivity contribution in [1.82, 2.24) is 20.0 Å². The van der Waals surface area contributed by atoms with Gasteiger partial charge >= 0.3 is 0 Å². The van der Waals surface area contributed by atoms with E-state index in [1.54, 1.807) is 0 Å². The number of hydrogen-bond donors (Lipinski definition) is 1. The van der Waals surface area contributed by atoms with Crippen LogP contribution in [0.5, 0.6) is 0 Å². The number of nitrogens with zero attached hydrogens (tertiary/aromatic N) is 3. The highest BCUT2D eigenvalue weighted by molar-refractivity contribution is 5.03. The summed E-state index contributed by atoms with van der Waals surface area (Å²) in [7, 11) is 4.25. The van der Waals surface area contributed by atoms with E-state index < -0.39 is 0 Å². The molecule has 1 aromatic rings. The molecule has 2 rings (SSSR count). The van der Waals surface area contributed by atoms with Gasteiger partial charge < -0.3 is 10.2 Å². The lowest BCUT2D eigenvalue weighted by Crippen LogP contribution is -2.39. The molecule has 1 fully saturated rings. The van der Waals surface area contributed by atoms with Gasteiger partial charge in [-0.3, -0.25) is 4.68 Å². The average molecular weight is 264 g/mol. The summed E-state index contributed by atoms with van der Waals surface area (Å²) in [5, 5.41) is 8.33. The van der Waals surface area contributed by atoms with Crippen molar-refractivity contribution in [3.8, 4) is 0 Å². The summed E-state index contributed by atoms with van der Waals surface area (Å²) in [5.74, 6) is 0. The molecule has 4 heteroatoms. The van der Waals surface area contributed by atoms with Crippen molar-refractivity contribution < 1.29 is 0 Å². The van der Waals surface area contributed by atoms with E-state index >= 15 is 0 Å². The lowest BCUT2D eigenvalue weighted by molar-refractivity contribution is 0.336. The van der Waals surface area contributed by atoms with Crippen LogP contribution in [-0.2, 0) is 6.42 Å². The van der Waals surface area contributed by atoms with Crippen molar-refractivity contribution in [3.63, 3.8) is 0 Å². The van der Waals surface area contributed by atoms with E-state index in [2.05, 4.69) is 48.2 Å². The van der Waals surface area contributed by atoms with Crippen LogP contribution in [0.1, 0.15) is 44.3 Å². The van der Waals surface area contributed by atoms with Crippen LogP contribution in [0.4, 0.5) is 0 Å². The van der Waals surface area contributed by atoms with Crippen molar-refractivity contribution in [2.75, 3.05) is 27.2 Å². The molecular weight excluding hydrogens is 236 g/mol. The molecule has 0 bridgehead atoms. The number of rotatable bonds is 7. The molecule has 0 radical (unpaired) electrons. The Morgan fingerprint density at radius 3 is 2.79 bits per heavy atom. The maximum atomic E-state index is 4.78. The number of nitrogens with one attached hydrogen (secondary N) is 1. The maximum Gasteiger partial charge on any atom is 0.0640 e. The molecule has 19 heavy (non-hydrogen) atoms. The zero-order chi connectivity index (χ0) is 13.7. The van der Waals surface area contributed by atoms with E-state index in [4.69, 9.17) is 5.10 Å².